The van der Waals surface area contributed by atoms with E-state index in [9.17, 15) is 9.59 Å². The molecule has 172 valence electrons. The van der Waals surface area contributed by atoms with Crippen molar-refractivity contribution in [2.24, 2.45) is 0 Å². The summed E-state index contributed by atoms with van der Waals surface area (Å²) >= 11 is 0. The van der Waals surface area contributed by atoms with Crippen LogP contribution >= 0.6 is 0 Å². The van der Waals surface area contributed by atoms with Crippen molar-refractivity contribution in [2.45, 2.75) is 0 Å². The molecule has 5 rings (SSSR count). The number of carbonyl (C=O) groups is 1. The summed E-state index contributed by atoms with van der Waals surface area (Å²) in [6.07, 6.45) is 0. The molecule has 0 fully saturated rings. The van der Waals surface area contributed by atoms with Crippen LogP contribution in [-0.2, 0) is 0 Å². The summed E-state index contributed by atoms with van der Waals surface area (Å²) in [6, 6.07) is 31.3. The normalized spacial score (nSPS) is 10.8. The van der Waals surface area contributed by atoms with Crippen LogP contribution in [-0.4, -0.2) is 19.5 Å². The molecular weight excluding hydrogens is 440 g/mol. The van der Waals surface area contributed by atoms with Crippen LogP contribution < -0.4 is 14.9 Å². The average molecular weight is 463 g/mol. The zero-order valence-corrected chi connectivity index (χ0v) is 19.1. The second-order valence-electron chi connectivity index (χ2n) is 7.97. The Kier molecular flexibility index (Phi) is 6.14. The zero-order valence-electron chi connectivity index (χ0n) is 19.1. The van der Waals surface area contributed by atoms with Crippen LogP contribution in [0.2, 0.25) is 0 Å². The fourth-order valence-electron chi connectivity index (χ4n) is 3.89. The molecule has 35 heavy (non-hydrogen) atoms. The maximum atomic E-state index is 13.3. The highest BCUT2D eigenvalue weighted by atomic mass is 16.5. The van der Waals surface area contributed by atoms with E-state index >= 15 is 0 Å². The first-order chi connectivity index (χ1) is 17.1. The summed E-state index contributed by atoms with van der Waals surface area (Å²) in [6.45, 7) is -0.295. The van der Waals surface area contributed by atoms with Crippen LogP contribution in [0.25, 0.3) is 33.4 Å². The summed E-state index contributed by atoms with van der Waals surface area (Å²) in [5, 5.41) is 0.388. The van der Waals surface area contributed by atoms with Gasteiger partial charge in [-0.25, -0.2) is 0 Å². The van der Waals surface area contributed by atoms with Crippen molar-refractivity contribution in [3.05, 3.63) is 119 Å². The number of benzene rings is 4. The molecule has 5 nitrogen and oxygen atoms in total. The number of para-hydroxylation sites is 1. The van der Waals surface area contributed by atoms with Gasteiger partial charge in [0, 0.05) is 11.1 Å². The number of hydrogen-bond acceptors (Lipinski definition) is 5. The van der Waals surface area contributed by atoms with Gasteiger partial charge in [-0.1, -0.05) is 66.7 Å². The van der Waals surface area contributed by atoms with E-state index in [1.54, 1.807) is 67.8 Å². The molecule has 1 heterocycles. The third-order valence-corrected chi connectivity index (χ3v) is 5.77. The van der Waals surface area contributed by atoms with Crippen LogP contribution in [0, 0.1) is 0 Å². The van der Waals surface area contributed by atoms with Crippen molar-refractivity contribution in [3.63, 3.8) is 0 Å². The predicted octanol–water partition coefficient (Wildman–Crippen LogP) is 6.40. The number of fused-ring (bicyclic) bond motifs is 1. The van der Waals surface area contributed by atoms with Gasteiger partial charge in [0.2, 0.25) is 11.2 Å². The summed E-state index contributed by atoms with van der Waals surface area (Å²) < 4.78 is 17.1. The molecule has 5 aromatic rings. The van der Waals surface area contributed by atoms with Gasteiger partial charge < -0.3 is 13.9 Å². The van der Waals surface area contributed by atoms with Gasteiger partial charge >= 0.3 is 0 Å². The van der Waals surface area contributed by atoms with Gasteiger partial charge in [0.25, 0.3) is 0 Å². The Labute approximate surface area is 202 Å². The van der Waals surface area contributed by atoms with E-state index in [1.165, 1.54) is 0 Å². The fourth-order valence-corrected chi connectivity index (χ4v) is 3.89. The molecule has 0 unspecified atom stereocenters. The van der Waals surface area contributed by atoms with Gasteiger partial charge in [-0.2, -0.15) is 0 Å². The smallest absolute Gasteiger partial charge is 0.235 e. The number of ketones is 1. The molecule has 0 saturated carbocycles. The van der Waals surface area contributed by atoms with Crippen molar-refractivity contribution in [3.8, 4) is 33.9 Å². The Morgan fingerprint density at radius 1 is 0.743 bits per heavy atom. The van der Waals surface area contributed by atoms with E-state index in [1.807, 2.05) is 42.5 Å². The van der Waals surface area contributed by atoms with Crippen molar-refractivity contribution >= 4 is 16.8 Å². The number of hydrogen-bond donors (Lipinski definition) is 0. The van der Waals surface area contributed by atoms with Gasteiger partial charge in [0.05, 0.1) is 12.5 Å². The van der Waals surface area contributed by atoms with Crippen molar-refractivity contribution in [1.82, 2.24) is 0 Å². The highest BCUT2D eigenvalue weighted by Crippen LogP contribution is 2.32. The molecule has 0 saturated heterocycles. The van der Waals surface area contributed by atoms with E-state index in [0.717, 1.165) is 11.1 Å². The first kappa shape index (κ1) is 22.2. The molecule has 0 aliphatic carbocycles. The molecule has 0 spiro atoms. The number of Topliss-reactive ketones (excluding diaryl/α,β-unsaturated/α-hetero) is 1. The standard InChI is InChI=1S/C30H22O5/c1-33-24-17-15-23(16-18-24)29-30(28(32)25-9-5-6-10-27(25)35-29)34-19-26(31)22-13-11-21(12-14-22)20-7-3-2-4-8-20/h2-18H,19H2,1H3. The van der Waals surface area contributed by atoms with Crippen LogP contribution in [0.4, 0.5) is 0 Å². The lowest BCUT2D eigenvalue weighted by Crippen LogP contribution is -2.17. The number of methoxy groups -OCH3 is 1. The average Bonchev–Trinajstić information content (AvgIpc) is 2.93. The second kappa shape index (κ2) is 9.69. The molecule has 0 aliphatic rings. The fraction of sp³-hybridized carbons (Fsp3) is 0.0667. The van der Waals surface area contributed by atoms with Crippen LogP contribution in [0.1, 0.15) is 10.4 Å². The Balaban J connectivity index is 1.44. The molecule has 0 radical (unpaired) electrons. The number of rotatable bonds is 7. The highest BCUT2D eigenvalue weighted by molar-refractivity contribution is 5.97. The molecule has 0 bridgehead atoms. The van der Waals surface area contributed by atoms with E-state index in [4.69, 9.17) is 13.9 Å². The van der Waals surface area contributed by atoms with Gasteiger partial charge in [-0.15, -0.1) is 0 Å². The molecule has 0 N–H and O–H groups in total. The first-order valence-electron chi connectivity index (χ1n) is 11.2. The Morgan fingerprint density at radius 3 is 2.09 bits per heavy atom. The summed E-state index contributed by atoms with van der Waals surface area (Å²) in [7, 11) is 1.58. The van der Waals surface area contributed by atoms with Crippen LogP contribution in [0.3, 0.4) is 0 Å². The van der Waals surface area contributed by atoms with Gasteiger partial charge in [0.1, 0.15) is 11.3 Å². The Morgan fingerprint density at radius 2 is 1.37 bits per heavy atom. The van der Waals surface area contributed by atoms with Crippen molar-refractivity contribution < 1.29 is 18.7 Å². The van der Waals surface area contributed by atoms with Gasteiger partial charge in [-0.05, 0) is 47.5 Å². The van der Waals surface area contributed by atoms with Crippen molar-refractivity contribution in [1.29, 1.82) is 0 Å². The summed E-state index contributed by atoms with van der Waals surface area (Å²) in [5.74, 6) is 0.707. The van der Waals surface area contributed by atoms with Gasteiger partial charge in [0.15, 0.2) is 18.2 Å². The third kappa shape index (κ3) is 4.57. The topological polar surface area (TPSA) is 65.7 Å². The Hall–Kier alpha value is -4.64. The summed E-state index contributed by atoms with van der Waals surface area (Å²) in [5.41, 5.74) is 3.34. The van der Waals surface area contributed by atoms with Crippen LogP contribution in [0.5, 0.6) is 11.5 Å². The highest BCUT2D eigenvalue weighted by Gasteiger charge is 2.19. The maximum Gasteiger partial charge on any atom is 0.235 e. The van der Waals surface area contributed by atoms with E-state index in [0.29, 0.717) is 27.8 Å². The number of carbonyl (C=O) groups excluding carboxylic acids is 1. The van der Waals surface area contributed by atoms with E-state index in [2.05, 4.69) is 0 Å². The minimum absolute atomic E-state index is 0.00289. The minimum Gasteiger partial charge on any atom is -0.497 e. The minimum atomic E-state index is -0.329. The van der Waals surface area contributed by atoms with Crippen molar-refractivity contribution in [2.75, 3.05) is 13.7 Å². The lowest BCUT2D eigenvalue weighted by atomic mass is 10.0. The molecule has 4 aromatic carbocycles. The third-order valence-electron chi connectivity index (χ3n) is 5.77. The summed E-state index contributed by atoms with van der Waals surface area (Å²) in [4.78, 5) is 26.2. The maximum absolute atomic E-state index is 13.3. The quantitative estimate of drug-likeness (QED) is 0.262. The Bertz CT molecular complexity index is 1530. The van der Waals surface area contributed by atoms with E-state index < -0.39 is 0 Å². The van der Waals surface area contributed by atoms with Gasteiger partial charge in [-0.3, -0.25) is 9.59 Å². The zero-order chi connectivity index (χ0) is 24.2. The SMILES string of the molecule is COc1ccc(-c2oc3ccccc3c(=O)c2OCC(=O)c2ccc(-c3ccccc3)cc2)cc1. The molecule has 1 aromatic heterocycles. The number of ether oxygens (including phenoxy) is 2. The lowest BCUT2D eigenvalue weighted by Gasteiger charge is -2.12. The lowest BCUT2D eigenvalue weighted by molar-refractivity contribution is 0.0920. The molecule has 5 heteroatoms. The monoisotopic (exact) mass is 462 g/mol. The molecule has 0 amide bonds. The van der Waals surface area contributed by atoms with E-state index in [-0.39, 0.29) is 29.3 Å². The molecular formula is C30H22O5. The molecule has 0 aliphatic heterocycles. The predicted molar refractivity (Wildman–Crippen MR) is 136 cm³/mol. The first-order valence-corrected chi connectivity index (χ1v) is 11.2. The second-order valence-corrected chi connectivity index (χ2v) is 7.97. The van der Waals surface area contributed by atoms with Crippen LogP contribution in [0.15, 0.2) is 112 Å². The largest absolute Gasteiger partial charge is 0.497 e. The molecule has 0 atom stereocenters.